The highest BCUT2D eigenvalue weighted by molar-refractivity contribution is 7.89. The second-order valence-electron chi connectivity index (χ2n) is 9.46. The third-order valence-corrected chi connectivity index (χ3v) is 9.05. The Morgan fingerprint density at radius 1 is 1.15 bits per heavy atom. The molecule has 0 N–H and O–H groups in total. The number of benzene rings is 1. The zero-order valence-electron chi connectivity index (χ0n) is 19.2. The highest BCUT2D eigenvalue weighted by atomic mass is 32.2. The van der Waals surface area contributed by atoms with Gasteiger partial charge in [0.1, 0.15) is 5.67 Å². The summed E-state index contributed by atoms with van der Waals surface area (Å²) in [7, 11) is -3.44. The monoisotopic (exact) mass is 470 g/mol. The second-order valence-corrected chi connectivity index (χ2v) is 12.0. The van der Waals surface area contributed by atoms with E-state index >= 15 is 4.39 Å². The summed E-state index contributed by atoms with van der Waals surface area (Å²) in [5.74, 6) is -0.232. The molecule has 2 aliphatic rings. The largest absolute Gasteiger partial charge is 0.297 e. The molecule has 1 aromatic heterocycles. The van der Waals surface area contributed by atoms with Crippen LogP contribution in [0.15, 0.2) is 36.7 Å². The Hall–Kier alpha value is -2.83. The minimum Gasteiger partial charge on any atom is -0.297 e. The molecule has 0 unspecified atom stereocenters. The van der Waals surface area contributed by atoms with E-state index in [1.165, 1.54) is 16.7 Å². The van der Waals surface area contributed by atoms with Gasteiger partial charge in [0.05, 0.1) is 34.3 Å². The van der Waals surface area contributed by atoms with Crippen LogP contribution >= 0.6 is 0 Å². The van der Waals surface area contributed by atoms with Gasteiger partial charge in [0.25, 0.3) is 5.91 Å². The van der Waals surface area contributed by atoms with Crippen molar-refractivity contribution in [3.05, 3.63) is 58.9 Å². The van der Waals surface area contributed by atoms with Gasteiger partial charge < -0.3 is 0 Å². The summed E-state index contributed by atoms with van der Waals surface area (Å²) >= 11 is 0. The van der Waals surface area contributed by atoms with E-state index < -0.39 is 26.5 Å². The third kappa shape index (κ3) is 3.71. The highest BCUT2D eigenvalue weighted by Crippen LogP contribution is 2.44. The molecule has 3 heterocycles. The van der Waals surface area contributed by atoms with Gasteiger partial charge >= 0.3 is 0 Å². The Labute approximate surface area is 193 Å². The molecule has 0 saturated carbocycles. The molecule has 7 nitrogen and oxygen atoms in total. The number of piperidine rings is 1. The average Bonchev–Trinajstić information content (AvgIpc) is 2.98. The normalized spacial score (nSPS) is 20.0. The smallest absolute Gasteiger partial charge is 0.259 e. The number of carbonyl (C=O) groups excluding carboxylic acids is 1. The number of hydrogen-bond acceptors (Lipinski definition) is 5. The van der Waals surface area contributed by atoms with Crippen molar-refractivity contribution in [1.82, 2.24) is 9.29 Å². The van der Waals surface area contributed by atoms with Gasteiger partial charge in [-0.1, -0.05) is 0 Å². The van der Waals surface area contributed by atoms with Crippen molar-refractivity contribution in [2.24, 2.45) is 0 Å². The first kappa shape index (κ1) is 23.3. The number of aromatic nitrogens is 1. The predicted molar refractivity (Wildman–Crippen MR) is 123 cm³/mol. The summed E-state index contributed by atoms with van der Waals surface area (Å²) in [5.41, 5.74) is 0.0162. The number of fused-ring (bicyclic) bond motifs is 1. The molecule has 0 aliphatic carbocycles. The quantitative estimate of drug-likeness (QED) is 0.677. The number of carbonyl (C=O) groups is 1. The summed E-state index contributed by atoms with van der Waals surface area (Å²) in [6.45, 7) is 7.18. The first-order valence-corrected chi connectivity index (χ1v) is 12.4. The van der Waals surface area contributed by atoms with Crippen LogP contribution in [0.1, 0.15) is 67.6 Å². The SMILES string of the molecule is CC(C)S(=O)(=O)N1CCC(F)(c2cncc(N3C(=O)c4ccc(C#N)cc4C3(C)C)c2)CC1. The molecule has 1 amide bonds. The van der Waals surface area contributed by atoms with E-state index in [2.05, 4.69) is 11.1 Å². The van der Waals surface area contributed by atoms with Crippen molar-refractivity contribution < 1.29 is 17.6 Å². The molecule has 4 rings (SSSR count). The average molecular weight is 471 g/mol. The summed E-state index contributed by atoms with van der Waals surface area (Å²) in [4.78, 5) is 19.0. The zero-order valence-corrected chi connectivity index (χ0v) is 20.0. The van der Waals surface area contributed by atoms with Gasteiger partial charge in [0, 0.05) is 30.4 Å². The lowest BCUT2D eigenvalue weighted by molar-refractivity contribution is 0.0862. The fourth-order valence-electron chi connectivity index (χ4n) is 4.72. The van der Waals surface area contributed by atoms with Crippen LogP contribution in [0.3, 0.4) is 0 Å². The summed E-state index contributed by atoms with van der Waals surface area (Å²) in [6, 6.07) is 8.71. The Morgan fingerprint density at radius 2 is 1.82 bits per heavy atom. The first-order chi connectivity index (χ1) is 15.4. The molecule has 0 radical (unpaired) electrons. The summed E-state index contributed by atoms with van der Waals surface area (Å²) in [5, 5.41) is 8.70. The topological polar surface area (TPSA) is 94.4 Å². The van der Waals surface area contributed by atoms with E-state index in [4.69, 9.17) is 0 Å². The molecule has 33 heavy (non-hydrogen) atoms. The van der Waals surface area contributed by atoms with Crippen molar-refractivity contribution >= 4 is 21.6 Å². The number of amides is 1. The molecule has 1 aromatic carbocycles. The van der Waals surface area contributed by atoms with Gasteiger partial charge in [-0.3, -0.25) is 14.7 Å². The van der Waals surface area contributed by atoms with Crippen LogP contribution < -0.4 is 4.90 Å². The molecule has 0 atom stereocenters. The molecule has 1 fully saturated rings. The Bertz CT molecular complexity index is 1260. The maximum absolute atomic E-state index is 16.0. The van der Waals surface area contributed by atoms with Crippen LogP contribution in [-0.2, 0) is 21.2 Å². The fourth-order valence-corrected chi connectivity index (χ4v) is 6.01. The molecule has 9 heteroatoms. The minimum absolute atomic E-state index is 0.0210. The Morgan fingerprint density at radius 3 is 2.42 bits per heavy atom. The summed E-state index contributed by atoms with van der Waals surface area (Å²) in [6.07, 6.45) is 3.02. The molecular formula is C24H27FN4O3S. The van der Waals surface area contributed by atoms with Crippen LogP contribution in [0.25, 0.3) is 0 Å². The number of nitrogens with zero attached hydrogens (tertiary/aromatic N) is 4. The van der Waals surface area contributed by atoms with Crippen molar-refractivity contribution in [2.75, 3.05) is 18.0 Å². The number of sulfonamides is 1. The fraction of sp³-hybridized carbons (Fsp3) is 0.458. The van der Waals surface area contributed by atoms with E-state index in [1.807, 2.05) is 13.8 Å². The summed E-state index contributed by atoms with van der Waals surface area (Å²) < 4.78 is 42.2. The van der Waals surface area contributed by atoms with Gasteiger partial charge in [-0.25, -0.2) is 17.1 Å². The van der Waals surface area contributed by atoms with Crippen molar-refractivity contribution in [1.29, 1.82) is 5.26 Å². The van der Waals surface area contributed by atoms with Crippen molar-refractivity contribution in [2.45, 2.75) is 57.0 Å². The van der Waals surface area contributed by atoms with Crippen molar-refractivity contribution in [3.8, 4) is 6.07 Å². The number of pyridine rings is 1. The van der Waals surface area contributed by atoms with Crippen LogP contribution in [0, 0.1) is 11.3 Å². The standard InChI is InChI=1S/C24H27FN4O3S/c1-16(2)33(31,32)28-9-7-24(25,8-10-28)18-12-19(15-27-14-18)29-22(30)20-6-5-17(13-26)11-21(20)23(29,3)4/h5-6,11-12,14-16H,7-10H2,1-4H3. The van der Waals surface area contributed by atoms with Gasteiger partial charge in [-0.2, -0.15) is 5.26 Å². The van der Waals surface area contributed by atoms with Gasteiger partial charge in [0.15, 0.2) is 0 Å². The lowest BCUT2D eigenvalue weighted by Crippen LogP contribution is -2.45. The lowest BCUT2D eigenvalue weighted by Gasteiger charge is -2.37. The minimum atomic E-state index is -3.44. The van der Waals surface area contributed by atoms with Crippen LogP contribution in [0.2, 0.25) is 0 Å². The molecule has 1 saturated heterocycles. The van der Waals surface area contributed by atoms with E-state index in [1.54, 1.807) is 43.0 Å². The molecule has 2 aliphatic heterocycles. The number of rotatable bonds is 4. The second kappa shape index (κ2) is 7.89. The number of alkyl halides is 1. The number of halogens is 1. The zero-order chi connectivity index (χ0) is 24.2. The van der Waals surface area contributed by atoms with Gasteiger partial charge in [0.2, 0.25) is 10.0 Å². The highest BCUT2D eigenvalue weighted by Gasteiger charge is 2.45. The number of nitriles is 1. The van der Waals surface area contributed by atoms with Crippen molar-refractivity contribution in [3.63, 3.8) is 0 Å². The molecule has 2 aromatic rings. The Balaban J connectivity index is 1.64. The van der Waals surface area contributed by atoms with Gasteiger partial charge in [-0.05, 0) is 70.4 Å². The maximum atomic E-state index is 16.0. The van der Waals surface area contributed by atoms with Gasteiger partial charge in [-0.15, -0.1) is 0 Å². The predicted octanol–water partition coefficient (Wildman–Crippen LogP) is 3.85. The van der Waals surface area contributed by atoms with E-state index in [0.717, 1.165) is 5.56 Å². The van der Waals surface area contributed by atoms with Crippen LogP contribution in [0.4, 0.5) is 10.1 Å². The van der Waals surface area contributed by atoms with E-state index in [-0.39, 0.29) is 31.8 Å². The maximum Gasteiger partial charge on any atom is 0.259 e. The number of anilines is 1. The molecule has 0 bridgehead atoms. The van der Waals surface area contributed by atoms with Crippen LogP contribution in [-0.4, -0.2) is 42.0 Å². The van der Waals surface area contributed by atoms with E-state index in [9.17, 15) is 18.5 Å². The van der Waals surface area contributed by atoms with E-state index in [0.29, 0.717) is 22.4 Å². The number of hydrogen-bond donors (Lipinski definition) is 0. The molecule has 174 valence electrons. The molecule has 0 spiro atoms. The van der Waals surface area contributed by atoms with Crippen LogP contribution in [0.5, 0.6) is 0 Å². The lowest BCUT2D eigenvalue weighted by atomic mass is 9.87. The first-order valence-electron chi connectivity index (χ1n) is 10.9. The molecular weight excluding hydrogens is 443 g/mol. The Kier molecular flexibility index (Phi) is 5.58. The third-order valence-electron chi connectivity index (χ3n) is 6.77.